The first kappa shape index (κ1) is 51.5. The highest BCUT2D eigenvalue weighted by atomic mass is 16.6. The summed E-state index contributed by atoms with van der Waals surface area (Å²) in [6.45, 7) is 0.275. The summed E-state index contributed by atoms with van der Waals surface area (Å²) in [6, 6.07) is 14.5. The summed E-state index contributed by atoms with van der Waals surface area (Å²) in [6.07, 6.45) is 3.52. The lowest BCUT2D eigenvalue weighted by Gasteiger charge is -2.31. The molecule has 4 aromatic rings. The average molecular weight is 999 g/mol. The van der Waals surface area contributed by atoms with Crippen molar-refractivity contribution in [1.82, 2.24) is 30.4 Å². The summed E-state index contributed by atoms with van der Waals surface area (Å²) in [4.78, 5) is 145. The molecule has 0 spiro atoms. The third kappa shape index (κ3) is 11.3. The number of ether oxygens (including phenoxy) is 2. The molecule has 2 aromatic carbocycles. The smallest absolute Gasteiger partial charge is 0.343 e. The number of Topliss-reactive ketones (excluding diaryl/α,β-unsaturated/α-hetero) is 4. The van der Waals surface area contributed by atoms with Crippen LogP contribution in [0.5, 0.6) is 0 Å². The van der Waals surface area contributed by atoms with E-state index in [1.165, 1.54) is 0 Å². The van der Waals surface area contributed by atoms with E-state index in [1.54, 1.807) is 29.7 Å². The number of aryl methyl sites for hydroxylation is 2. The summed E-state index contributed by atoms with van der Waals surface area (Å²) < 4.78 is 12.0. The minimum absolute atomic E-state index is 0.0248. The number of carbonyl (C=O) groups is 10. The molecule has 73 heavy (non-hydrogen) atoms. The van der Waals surface area contributed by atoms with E-state index in [2.05, 4.69) is 16.0 Å². The Morgan fingerprint density at radius 2 is 1.56 bits per heavy atom. The van der Waals surface area contributed by atoms with E-state index in [9.17, 15) is 57.8 Å². The number of rotatable bonds is 24. The highest BCUT2D eigenvalue weighted by molar-refractivity contribution is 6.36. The lowest BCUT2D eigenvalue weighted by molar-refractivity contribution is -0.172. The number of imide groups is 1. The molecule has 0 fully saturated rings. The van der Waals surface area contributed by atoms with Gasteiger partial charge in [0.25, 0.3) is 23.3 Å². The standard InChI is InChI=1S/C53H54N6O14/c1-2-53(71)40-24-42-48-38(27-59(42)51(69)39(40)28-73-52(53)70)37-10-6-9-36-31(11-13-41(57-48)47(36)37)22-34(61)26-55-49(67)32(21-30-7-4-3-5-8-30)23-35(62)25-54-44(64)14-12-33(60)18-20-72-29-56-50(68)43(63)17-19-58-45(65)15-16-46(58)66/h3-5,7-8,11,13,15-16,24,32,71H,2,6,9-10,12,14,17-23,25-29H2,1H3,(H,54,64)(H,55,67)(H,56,68)/t32-,53+/m1/s1. The van der Waals surface area contributed by atoms with Crippen LogP contribution in [0.25, 0.3) is 22.3 Å². The minimum atomic E-state index is -1.94. The zero-order valence-corrected chi connectivity index (χ0v) is 40.2. The van der Waals surface area contributed by atoms with E-state index in [4.69, 9.17) is 14.5 Å². The largest absolute Gasteiger partial charge is 0.458 e. The van der Waals surface area contributed by atoms with Crippen molar-refractivity contribution in [3.8, 4) is 11.4 Å². The van der Waals surface area contributed by atoms with Crippen molar-refractivity contribution in [3.05, 3.63) is 110 Å². The number of amides is 5. The molecule has 1 aliphatic carbocycles. The van der Waals surface area contributed by atoms with Crippen molar-refractivity contribution >= 4 is 69.5 Å². The minimum Gasteiger partial charge on any atom is -0.458 e. The molecule has 8 rings (SSSR count). The molecule has 5 heterocycles. The maximum atomic E-state index is 13.8. The fraction of sp³-hybridized carbons (Fsp3) is 0.396. The number of aromatic nitrogens is 2. The lowest BCUT2D eigenvalue weighted by Crippen LogP contribution is -2.44. The van der Waals surface area contributed by atoms with E-state index in [0.29, 0.717) is 23.3 Å². The van der Waals surface area contributed by atoms with Crippen molar-refractivity contribution in [1.29, 1.82) is 0 Å². The first-order valence-electron chi connectivity index (χ1n) is 24.2. The van der Waals surface area contributed by atoms with Gasteiger partial charge in [-0.1, -0.05) is 43.3 Å². The van der Waals surface area contributed by atoms with Gasteiger partial charge in [-0.2, -0.15) is 0 Å². The SMILES string of the molecule is CC[C@@]1(O)C(=O)OCc2c1cc1n(c2=O)Cc2c-1nc1ccc(CC(=O)CNC(=O)[C@@H](CC(=O)CNC(=O)CCC(=O)CCOCNC(=O)C(=O)CCN3C(=O)C=CC3=O)Cc3ccccc3)c3c1c2CCC3. The molecule has 0 radical (unpaired) electrons. The van der Waals surface area contributed by atoms with Crippen molar-refractivity contribution in [2.75, 3.05) is 33.0 Å². The van der Waals surface area contributed by atoms with E-state index in [1.807, 2.05) is 30.3 Å². The monoisotopic (exact) mass is 998 g/mol. The highest BCUT2D eigenvalue weighted by Crippen LogP contribution is 2.43. The van der Waals surface area contributed by atoms with Crippen LogP contribution in [-0.4, -0.2) is 111 Å². The number of fused-ring (bicyclic) bond motifs is 5. The van der Waals surface area contributed by atoms with Gasteiger partial charge in [-0.15, -0.1) is 0 Å². The molecule has 2 aromatic heterocycles. The van der Waals surface area contributed by atoms with Crippen LogP contribution >= 0.6 is 0 Å². The van der Waals surface area contributed by atoms with Gasteiger partial charge in [0, 0.05) is 79.7 Å². The molecule has 20 heteroatoms. The number of carbonyl (C=O) groups excluding carboxylic acids is 10. The summed E-state index contributed by atoms with van der Waals surface area (Å²) in [5.74, 6) is -6.72. The maximum absolute atomic E-state index is 13.8. The molecule has 380 valence electrons. The zero-order valence-electron chi connectivity index (χ0n) is 40.2. The maximum Gasteiger partial charge on any atom is 0.343 e. The van der Waals surface area contributed by atoms with Gasteiger partial charge in [0.05, 0.1) is 48.7 Å². The number of benzene rings is 2. The van der Waals surface area contributed by atoms with Gasteiger partial charge in [-0.05, 0) is 66.5 Å². The van der Waals surface area contributed by atoms with Gasteiger partial charge < -0.3 is 35.1 Å². The Labute approximate surface area is 417 Å². The second-order valence-corrected chi connectivity index (χ2v) is 18.5. The number of nitrogens with zero attached hydrogens (tertiary/aromatic N) is 3. The topological polar surface area (TPSA) is 284 Å². The van der Waals surface area contributed by atoms with Crippen LogP contribution in [0.3, 0.4) is 0 Å². The Balaban J connectivity index is 0.807. The van der Waals surface area contributed by atoms with Gasteiger partial charge >= 0.3 is 5.97 Å². The normalized spacial score (nSPS) is 16.6. The third-order valence-corrected chi connectivity index (χ3v) is 13.7. The Hall–Kier alpha value is -7.84. The summed E-state index contributed by atoms with van der Waals surface area (Å²) in [7, 11) is 0. The molecule has 4 N–H and O–H groups in total. The van der Waals surface area contributed by atoms with Crippen LogP contribution in [0.1, 0.15) is 90.8 Å². The van der Waals surface area contributed by atoms with Crippen molar-refractivity contribution in [2.45, 2.75) is 96.3 Å². The number of aliphatic hydroxyl groups is 1. The second-order valence-electron chi connectivity index (χ2n) is 18.5. The van der Waals surface area contributed by atoms with Crippen LogP contribution in [0.15, 0.2) is 65.5 Å². The predicted molar refractivity (Wildman–Crippen MR) is 258 cm³/mol. The summed E-state index contributed by atoms with van der Waals surface area (Å²) >= 11 is 0. The number of pyridine rings is 2. The summed E-state index contributed by atoms with van der Waals surface area (Å²) in [5.41, 5.74) is 4.50. The van der Waals surface area contributed by atoms with E-state index < -0.39 is 58.6 Å². The molecular formula is C53H54N6O14. The fourth-order valence-electron chi connectivity index (χ4n) is 9.78. The number of hydrogen-bond acceptors (Lipinski definition) is 15. The quantitative estimate of drug-likeness (QED) is 0.0224. The molecule has 20 nitrogen and oxygen atoms in total. The molecular weight excluding hydrogens is 945 g/mol. The first-order valence-corrected chi connectivity index (χ1v) is 24.2. The molecule has 3 aliphatic heterocycles. The molecule has 0 bridgehead atoms. The van der Waals surface area contributed by atoms with Crippen molar-refractivity contribution in [3.63, 3.8) is 0 Å². The van der Waals surface area contributed by atoms with Crippen molar-refractivity contribution in [2.24, 2.45) is 5.92 Å². The van der Waals surface area contributed by atoms with Crippen LogP contribution in [-0.2, 0) is 102 Å². The van der Waals surface area contributed by atoms with Crippen molar-refractivity contribution < 1.29 is 62.5 Å². The number of ketones is 4. The highest BCUT2D eigenvalue weighted by Gasteiger charge is 2.45. The number of hydrogen-bond donors (Lipinski definition) is 4. The second kappa shape index (κ2) is 22.3. The van der Waals surface area contributed by atoms with Crippen LogP contribution < -0.4 is 21.5 Å². The Bertz CT molecular complexity index is 3050. The third-order valence-electron chi connectivity index (χ3n) is 13.7. The zero-order chi connectivity index (χ0) is 52.0. The number of esters is 1. The number of cyclic esters (lactones) is 1. The van der Waals surface area contributed by atoms with E-state index >= 15 is 0 Å². The van der Waals surface area contributed by atoms with E-state index in [0.717, 1.165) is 63.1 Å². The Kier molecular flexibility index (Phi) is 15.7. The van der Waals surface area contributed by atoms with Gasteiger partial charge in [-0.3, -0.25) is 52.8 Å². The van der Waals surface area contributed by atoms with Gasteiger partial charge in [0.1, 0.15) is 19.1 Å². The van der Waals surface area contributed by atoms with Gasteiger partial charge in [0.2, 0.25) is 17.6 Å². The fourth-order valence-corrected chi connectivity index (χ4v) is 9.78. The van der Waals surface area contributed by atoms with Crippen LogP contribution in [0.4, 0.5) is 0 Å². The first-order chi connectivity index (χ1) is 35.1. The Morgan fingerprint density at radius 1 is 0.822 bits per heavy atom. The summed E-state index contributed by atoms with van der Waals surface area (Å²) in [5, 5.41) is 19.7. The van der Waals surface area contributed by atoms with Crippen LogP contribution in [0, 0.1) is 5.92 Å². The van der Waals surface area contributed by atoms with Gasteiger partial charge in [-0.25, -0.2) is 9.78 Å². The molecule has 0 unspecified atom stereocenters. The van der Waals surface area contributed by atoms with Crippen LogP contribution in [0.2, 0.25) is 0 Å². The number of nitrogens with one attached hydrogen (secondary N) is 3. The molecule has 0 saturated carbocycles. The lowest BCUT2D eigenvalue weighted by atomic mass is 9.83. The average Bonchev–Trinajstić information content (AvgIpc) is 3.93. The predicted octanol–water partition coefficient (Wildman–Crippen LogP) is 1.44. The van der Waals surface area contributed by atoms with Gasteiger partial charge in [0.15, 0.2) is 17.2 Å². The van der Waals surface area contributed by atoms with E-state index in [-0.39, 0.29) is 126 Å². The molecule has 2 atom stereocenters. The Morgan fingerprint density at radius 3 is 2.32 bits per heavy atom. The molecule has 4 aliphatic rings. The molecule has 0 saturated heterocycles. The molecule has 5 amide bonds.